The minimum absolute atomic E-state index is 0.0288. The van der Waals surface area contributed by atoms with Gasteiger partial charge in [0.15, 0.2) is 0 Å². The molecule has 2 aliphatic rings. The fraction of sp³-hybridized carbons (Fsp3) is 0.478. The summed E-state index contributed by atoms with van der Waals surface area (Å²) in [7, 11) is 0. The predicted octanol–water partition coefficient (Wildman–Crippen LogP) is 5.23. The Bertz CT molecular complexity index is 1020. The maximum absolute atomic E-state index is 12.5. The second-order valence-corrected chi connectivity index (χ2v) is 9.25. The molecule has 164 valence electrons. The van der Waals surface area contributed by atoms with Gasteiger partial charge in [0.1, 0.15) is 6.61 Å². The molecule has 31 heavy (non-hydrogen) atoms. The van der Waals surface area contributed by atoms with E-state index in [0.29, 0.717) is 5.02 Å². The molecule has 1 aliphatic carbocycles. The largest absolute Gasteiger partial charge is 0.444 e. The lowest BCUT2D eigenvalue weighted by Crippen LogP contribution is -2.56. The molecule has 2 aromatic rings. The van der Waals surface area contributed by atoms with Crippen LogP contribution in [0.3, 0.4) is 0 Å². The van der Waals surface area contributed by atoms with Crippen molar-refractivity contribution >= 4 is 35.2 Å². The van der Waals surface area contributed by atoms with E-state index in [2.05, 4.69) is 24.1 Å². The number of nitrogens with zero attached hydrogens (tertiary/aromatic N) is 3. The van der Waals surface area contributed by atoms with Crippen molar-refractivity contribution in [2.75, 3.05) is 10.2 Å². The first kappa shape index (κ1) is 21.6. The van der Waals surface area contributed by atoms with Crippen LogP contribution in [0.15, 0.2) is 30.5 Å². The summed E-state index contributed by atoms with van der Waals surface area (Å²) in [5, 5.41) is 3.21. The molecule has 4 rings (SSSR count). The highest BCUT2D eigenvalue weighted by molar-refractivity contribution is 6.30. The lowest BCUT2D eigenvalue weighted by atomic mass is 9.62. The molecule has 1 aliphatic heterocycles. The lowest BCUT2D eigenvalue weighted by molar-refractivity contribution is -0.118. The Morgan fingerprint density at radius 1 is 1.23 bits per heavy atom. The number of carbonyl (C=O) groups excluding carboxylic acids is 2. The Morgan fingerprint density at radius 3 is 2.65 bits per heavy atom. The number of halogens is 1. The van der Waals surface area contributed by atoms with Crippen molar-refractivity contribution in [3.63, 3.8) is 0 Å². The van der Waals surface area contributed by atoms with Crippen molar-refractivity contribution in [1.82, 2.24) is 9.97 Å². The molecule has 0 atom stereocenters. The number of ether oxygens (including phenoxy) is 1. The first-order valence-electron chi connectivity index (χ1n) is 10.6. The van der Waals surface area contributed by atoms with E-state index in [9.17, 15) is 9.59 Å². The first-order valence-corrected chi connectivity index (χ1v) is 11.0. The van der Waals surface area contributed by atoms with Gasteiger partial charge in [-0.05, 0) is 44.4 Å². The van der Waals surface area contributed by atoms with Crippen LogP contribution in [0, 0.1) is 0 Å². The predicted molar refractivity (Wildman–Crippen MR) is 119 cm³/mol. The zero-order valence-corrected chi connectivity index (χ0v) is 18.8. The number of rotatable bonds is 3. The molecule has 1 aromatic carbocycles. The Kier molecular flexibility index (Phi) is 5.64. The van der Waals surface area contributed by atoms with Crippen LogP contribution in [0.4, 0.5) is 16.4 Å². The van der Waals surface area contributed by atoms with Gasteiger partial charge in [-0.25, -0.2) is 14.8 Å². The molecule has 0 unspecified atom stereocenters. The molecule has 0 radical (unpaired) electrons. The van der Waals surface area contributed by atoms with E-state index in [1.165, 1.54) is 6.42 Å². The molecular formula is C23H27ClN4O3. The summed E-state index contributed by atoms with van der Waals surface area (Å²) in [6, 6.07) is 7.13. The Hall–Kier alpha value is -2.67. The monoisotopic (exact) mass is 442 g/mol. The Morgan fingerprint density at radius 2 is 1.97 bits per heavy atom. The maximum Gasteiger partial charge on any atom is 0.414 e. The van der Waals surface area contributed by atoms with Crippen molar-refractivity contribution in [2.24, 2.45) is 0 Å². The second kappa shape index (κ2) is 8.11. The molecule has 8 heteroatoms. The number of hydrogen-bond donors (Lipinski definition) is 1. The smallest absolute Gasteiger partial charge is 0.414 e. The average molecular weight is 443 g/mol. The normalized spacial score (nSPS) is 18.5. The zero-order valence-electron chi connectivity index (χ0n) is 18.1. The quantitative estimate of drug-likeness (QED) is 0.703. The van der Waals surface area contributed by atoms with Gasteiger partial charge < -0.3 is 9.64 Å². The summed E-state index contributed by atoms with van der Waals surface area (Å²) in [6.45, 7) is 5.88. The van der Waals surface area contributed by atoms with Crippen LogP contribution in [0.5, 0.6) is 0 Å². The summed E-state index contributed by atoms with van der Waals surface area (Å²) in [4.78, 5) is 35.7. The molecule has 1 spiro atoms. The molecule has 7 nitrogen and oxygen atoms in total. The molecule has 0 bridgehead atoms. The fourth-order valence-electron chi connectivity index (χ4n) is 5.23. The number of carbonyl (C=O) groups is 2. The third-order valence-corrected chi connectivity index (χ3v) is 6.92. The van der Waals surface area contributed by atoms with Crippen LogP contribution >= 0.6 is 11.6 Å². The number of benzene rings is 1. The van der Waals surface area contributed by atoms with Crippen LogP contribution in [0.25, 0.3) is 0 Å². The lowest BCUT2D eigenvalue weighted by Gasteiger charge is -2.47. The van der Waals surface area contributed by atoms with Gasteiger partial charge in [-0.2, -0.15) is 0 Å². The molecule has 0 saturated heterocycles. The van der Waals surface area contributed by atoms with E-state index in [-0.39, 0.29) is 23.9 Å². The van der Waals surface area contributed by atoms with Crippen LogP contribution in [-0.2, 0) is 21.6 Å². The second-order valence-electron chi connectivity index (χ2n) is 8.81. The fourth-order valence-corrected chi connectivity index (χ4v) is 5.44. The minimum atomic E-state index is -0.640. The number of hydrogen-bond acceptors (Lipinski definition) is 5. The van der Waals surface area contributed by atoms with Crippen molar-refractivity contribution in [1.29, 1.82) is 0 Å². The summed E-state index contributed by atoms with van der Waals surface area (Å²) in [5.41, 5.74) is 1.69. The number of anilines is 2. The van der Waals surface area contributed by atoms with E-state index >= 15 is 0 Å². The van der Waals surface area contributed by atoms with Crippen LogP contribution in [0.2, 0.25) is 5.02 Å². The third-order valence-electron chi connectivity index (χ3n) is 6.69. The standard InChI is InChI=1S/C23H27ClN4O3/c1-15(29)28-18-13-25-20(27-21(30)31-14-16-8-7-9-17(24)12-16)26-19(18)23(22(28,2)3)10-5-4-6-11-23/h7-9,12-13H,4-6,10-11,14H2,1-3H3,(H,25,26,27,30). The van der Waals surface area contributed by atoms with Crippen molar-refractivity contribution in [3.05, 3.63) is 46.7 Å². The van der Waals surface area contributed by atoms with Gasteiger partial charge in [-0.3, -0.25) is 10.1 Å². The molecule has 1 N–H and O–H groups in total. The molecule has 1 aromatic heterocycles. The van der Waals surface area contributed by atoms with Gasteiger partial charge >= 0.3 is 6.09 Å². The third kappa shape index (κ3) is 3.76. The number of nitrogens with one attached hydrogen (secondary N) is 1. The summed E-state index contributed by atoms with van der Waals surface area (Å²) in [6.07, 6.45) is 6.25. The van der Waals surface area contributed by atoms with E-state index in [1.807, 2.05) is 11.0 Å². The SMILES string of the molecule is CC(=O)N1c2cnc(NC(=O)OCc3cccc(Cl)c3)nc2C2(CCCCC2)C1(C)C. The van der Waals surface area contributed by atoms with Crippen molar-refractivity contribution in [2.45, 2.75) is 70.4 Å². The zero-order chi connectivity index (χ0) is 22.2. The van der Waals surface area contributed by atoms with E-state index in [0.717, 1.165) is 42.6 Å². The summed E-state index contributed by atoms with van der Waals surface area (Å²) < 4.78 is 5.29. The van der Waals surface area contributed by atoms with Crippen LogP contribution in [0.1, 0.15) is 64.1 Å². The Balaban J connectivity index is 1.58. The van der Waals surface area contributed by atoms with E-state index < -0.39 is 11.6 Å². The molecule has 2 heterocycles. The Labute approximate surface area is 187 Å². The minimum Gasteiger partial charge on any atom is -0.444 e. The van der Waals surface area contributed by atoms with Gasteiger partial charge in [0.05, 0.1) is 23.1 Å². The molecule has 1 fully saturated rings. The van der Waals surface area contributed by atoms with Gasteiger partial charge in [-0.1, -0.05) is 43.0 Å². The summed E-state index contributed by atoms with van der Waals surface area (Å²) in [5.74, 6) is 0.153. The maximum atomic E-state index is 12.5. The topological polar surface area (TPSA) is 84.4 Å². The molecule has 1 saturated carbocycles. The van der Waals surface area contributed by atoms with Crippen molar-refractivity contribution in [3.8, 4) is 0 Å². The highest BCUT2D eigenvalue weighted by Crippen LogP contribution is 2.57. The van der Waals surface area contributed by atoms with Gasteiger partial charge in [0.2, 0.25) is 11.9 Å². The van der Waals surface area contributed by atoms with E-state index in [4.69, 9.17) is 21.3 Å². The number of amides is 2. The van der Waals surface area contributed by atoms with Gasteiger partial charge in [0.25, 0.3) is 0 Å². The molecular weight excluding hydrogens is 416 g/mol. The molecule has 2 amide bonds. The summed E-state index contributed by atoms with van der Waals surface area (Å²) >= 11 is 5.97. The first-order chi connectivity index (χ1) is 14.7. The highest BCUT2D eigenvalue weighted by Gasteiger charge is 2.59. The van der Waals surface area contributed by atoms with Crippen molar-refractivity contribution < 1.29 is 14.3 Å². The van der Waals surface area contributed by atoms with Crippen LogP contribution in [-0.4, -0.2) is 27.5 Å². The van der Waals surface area contributed by atoms with Crippen LogP contribution < -0.4 is 10.2 Å². The number of fused-ring (bicyclic) bond motifs is 2. The number of aromatic nitrogens is 2. The highest BCUT2D eigenvalue weighted by atomic mass is 35.5. The van der Waals surface area contributed by atoms with Gasteiger partial charge in [-0.15, -0.1) is 0 Å². The van der Waals surface area contributed by atoms with E-state index in [1.54, 1.807) is 31.3 Å². The average Bonchev–Trinajstić information content (AvgIpc) is 2.91. The van der Waals surface area contributed by atoms with Gasteiger partial charge in [0, 0.05) is 17.4 Å².